The van der Waals surface area contributed by atoms with Crippen LogP contribution in [0.3, 0.4) is 0 Å². The SMILES string of the molecule is CCC(=O)NC(CC(=O)O)c1ccc(Br)cc1. The normalized spacial score (nSPS) is 11.9. The number of carboxylic acid groups (broad SMARTS) is 1. The number of hydrogen-bond acceptors (Lipinski definition) is 2. The molecule has 17 heavy (non-hydrogen) atoms. The molecule has 92 valence electrons. The summed E-state index contributed by atoms with van der Waals surface area (Å²) in [5.41, 5.74) is 0.789. The highest BCUT2D eigenvalue weighted by Crippen LogP contribution is 2.19. The zero-order valence-electron chi connectivity index (χ0n) is 9.44. The van der Waals surface area contributed by atoms with Crippen LogP contribution in [-0.2, 0) is 9.59 Å². The fraction of sp³-hybridized carbons (Fsp3) is 0.333. The third kappa shape index (κ3) is 4.56. The largest absolute Gasteiger partial charge is 0.481 e. The van der Waals surface area contributed by atoms with Gasteiger partial charge in [-0.15, -0.1) is 0 Å². The first kappa shape index (κ1) is 13.7. The zero-order valence-corrected chi connectivity index (χ0v) is 11.0. The Morgan fingerprint density at radius 2 is 1.94 bits per heavy atom. The molecular formula is C12H14BrNO3. The molecule has 0 fully saturated rings. The van der Waals surface area contributed by atoms with E-state index in [0.717, 1.165) is 10.0 Å². The van der Waals surface area contributed by atoms with Gasteiger partial charge in [-0.3, -0.25) is 9.59 Å². The Hall–Kier alpha value is -1.36. The lowest BCUT2D eigenvalue weighted by molar-refractivity contribution is -0.137. The number of amides is 1. The van der Waals surface area contributed by atoms with Crippen LogP contribution in [0.15, 0.2) is 28.7 Å². The molecule has 4 nitrogen and oxygen atoms in total. The topological polar surface area (TPSA) is 66.4 Å². The van der Waals surface area contributed by atoms with Crippen LogP contribution in [0.2, 0.25) is 0 Å². The second-order valence-electron chi connectivity index (χ2n) is 3.62. The van der Waals surface area contributed by atoms with E-state index in [0.29, 0.717) is 6.42 Å². The van der Waals surface area contributed by atoms with Crippen LogP contribution in [-0.4, -0.2) is 17.0 Å². The monoisotopic (exact) mass is 299 g/mol. The zero-order chi connectivity index (χ0) is 12.8. The quantitative estimate of drug-likeness (QED) is 0.878. The van der Waals surface area contributed by atoms with Crippen LogP contribution in [0.5, 0.6) is 0 Å². The van der Waals surface area contributed by atoms with Gasteiger partial charge in [0.2, 0.25) is 5.91 Å². The lowest BCUT2D eigenvalue weighted by Crippen LogP contribution is -2.29. The first-order valence-corrected chi connectivity index (χ1v) is 6.09. The molecule has 1 atom stereocenters. The highest BCUT2D eigenvalue weighted by Gasteiger charge is 2.17. The van der Waals surface area contributed by atoms with Crippen LogP contribution >= 0.6 is 15.9 Å². The van der Waals surface area contributed by atoms with Crippen molar-refractivity contribution in [1.29, 1.82) is 0 Å². The number of nitrogens with one attached hydrogen (secondary N) is 1. The Bertz CT molecular complexity index is 403. The van der Waals surface area contributed by atoms with E-state index in [1.165, 1.54) is 0 Å². The molecule has 0 heterocycles. The molecule has 0 aliphatic carbocycles. The summed E-state index contributed by atoms with van der Waals surface area (Å²) in [4.78, 5) is 22.1. The van der Waals surface area contributed by atoms with Crippen molar-refractivity contribution < 1.29 is 14.7 Å². The minimum Gasteiger partial charge on any atom is -0.481 e. The van der Waals surface area contributed by atoms with Gasteiger partial charge < -0.3 is 10.4 Å². The summed E-state index contributed by atoms with van der Waals surface area (Å²) in [6.45, 7) is 1.73. The molecule has 0 aromatic heterocycles. The van der Waals surface area contributed by atoms with Crippen LogP contribution in [0.25, 0.3) is 0 Å². The summed E-state index contributed by atoms with van der Waals surface area (Å²) >= 11 is 3.31. The van der Waals surface area contributed by atoms with E-state index in [4.69, 9.17) is 5.11 Å². The molecule has 0 bridgehead atoms. The average molecular weight is 300 g/mol. The molecular weight excluding hydrogens is 286 g/mol. The molecule has 0 aliphatic rings. The predicted molar refractivity (Wildman–Crippen MR) is 67.6 cm³/mol. The van der Waals surface area contributed by atoms with Gasteiger partial charge in [-0.1, -0.05) is 35.0 Å². The molecule has 1 aromatic carbocycles. The lowest BCUT2D eigenvalue weighted by Gasteiger charge is -2.17. The fourth-order valence-corrected chi connectivity index (χ4v) is 1.68. The Labute approximate surface area is 108 Å². The lowest BCUT2D eigenvalue weighted by atomic mass is 10.0. The molecule has 1 aromatic rings. The number of halogens is 1. The van der Waals surface area contributed by atoms with E-state index >= 15 is 0 Å². The fourth-order valence-electron chi connectivity index (χ4n) is 1.42. The maximum absolute atomic E-state index is 11.3. The highest BCUT2D eigenvalue weighted by atomic mass is 79.9. The third-order valence-electron chi connectivity index (χ3n) is 2.31. The van der Waals surface area contributed by atoms with Crippen LogP contribution in [0, 0.1) is 0 Å². The number of benzene rings is 1. The van der Waals surface area contributed by atoms with Crippen molar-refractivity contribution in [2.75, 3.05) is 0 Å². The number of carbonyl (C=O) groups is 2. The summed E-state index contributed by atoms with van der Waals surface area (Å²) in [5.74, 6) is -1.09. The molecule has 0 saturated carbocycles. The van der Waals surface area contributed by atoms with Crippen molar-refractivity contribution in [2.24, 2.45) is 0 Å². The molecule has 0 radical (unpaired) electrons. The molecule has 0 aliphatic heterocycles. The van der Waals surface area contributed by atoms with Gasteiger partial charge in [0.25, 0.3) is 0 Å². The molecule has 1 amide bonds. The van der Waals surface area contributed by atoms with Gasteiger partial charge in [-0.25, -0.2) is 0 Å². The van der Waals surface area contributed by atoms with Crippen molar-refractivity contribution in [3.8, 4) is 0 Å². The first-order valence-electron chi connectivity index (χ1n) is 5.29. The second kappa shape index (κ2) is 6.39. The van der Waals surface area contributed by atoms with E-state index in [-0.39, 0.29) is 12.3 Å². The summed E-state index contributed by atoms with van der Waals surface area (Å²) < 4.78 is 0.914. The van der Waals surface area contributed by atoms with Crippen molar-refractivity contribution in [2.45, 2.75) is 25.8 Å². The van der Waals surface area contributed by atoms with Crippen LogP contribution < -0.4 is 5.32 Å². The second-order valence-corrected chi connectivity index (χ2v) is 4.54. The Morgan fingerprint density at radius 3 is 2.41 bits per heavy atom. The van der Waals surface area contributed by atoms with Crippen LogP contribution in [0.1, 0.15) is 31.4 Å². The molecule has 1 unspecified atom stereocenters. The number of hydrogen-bond donors (Lipinski definition) is 2. The van der Waals surface area contributed by atoms with Gasteiger partial charge in [-0.2, -0.15) is 0 Å². The highest BCUT2D eigenvalue weighted by molar-refractivity contribution is 9.10. The van der Waals surface area contributed by atoms with Gasteiger partial charge in [0.05, 0.1) is 12.5 Å². The Balaban J connectivity index is 2.85. The maximum atomic E-state index is 11.3. The molecule has 0 spiro atoms. The van der Waals surface area contributed by atoms with E-state index in [1.807, 2.05) is 12.1 Å². The predicted octanol–water partition coefficient (Wildman–Crippen LogP) is 2.49. The molecule has 1 rings (SSSR count). The smallest absolute Gasteiger partial charge is 0.305 e. The molecule has 0 saturated heterocycles. The number of carboxylic acids is 1. The van der Waals surface area contributed by atoms with Crippen molar-refractivity contribution in [1.82, 2.24) is 5.32 Å². The van der Waals surface area contributed by atoms with Crippen molar-refractivity contribution in [3.05, 3.63) is 34.3 Å². The summed E-state index contributed by atoms with van der Waals surface area (Å²) in [5, 5.41) is 11.5. The summed E-state index contributed by atoms with van der Waals surface area (Å²) in [7, 11) is 0. The van der Waals surface area contributed by atoms with E-state index < -0.39 is 12.0 Å². The van der Waals surface area contributed by atoms with Gasteiger partial charge >= 0.3 is 5.97 Å². The maximum Gasteiger partial charge on any atom is 0.305 e. The Kier molecular flexibility index (Phi) is 5.15. The number of rotatable bonds is 5. The minimum atomic E-state index is -0.936. The standard InChI is InChI=1S/C12H14BrNO3/c1-2-11(15)14-10(7-12(16)17)8-3-5-9(13)6-4-8/h3-6,10H,2,7H2,1H3,(H,14,15)(H,16,17). The van der Waals surface area contributed by atoms with E-state index in [2.05, 4.69) is 21.2 Å². The van der Waals surface area contributed by atoms with Gasteiger partial charge in [0, 0.05) is 10.9 Å². The number of carbonyl (C=O) groups excluding carboxylic acids is 1. The average Bonchev–Trinajstić information content (AvgIpc) is 2.28. The summed E-state index contributed by atoms with van der Waals surface area (Å²) in [6.07, 6.45) is 0.222. The first-order chi connectivity index (χ1) is 8.02. The van der Waals surface area contributed by atoms with E-state index in [9.17, 15) is 9.59 Å². The molecule has 2 N–H and O–H groups in total. The Morgan fingerprint density at radius 1 is 1.35 bits per heavy atom. The van der Waals surface area contributed by atoms with Gasteiger partial charge in [-0.05, 0) is 17.7 Å². The van der Waals surface area contributed by atoms with Gasteiger partial charge in [0.15, 0.2) is 0 Å². The van der Waals surface area contributed by atoms with Crippen LogP contribution in [0.4, 0.5) is 0 Å². The third-order valence-corrected chi connectivity index (χ3v) is 2.84. The number of aliphatic carboxylic acids is 1. The van der Waals surface area contributed by atoms with Crippen molar-refractivity contribution in [3.63, 3.8) is 0 Å². The summed E-state index contributed by atoms with van der Waals surface area (Å²) in [6, 6.07) is 6.76. The van der Waals surface area contributed by atoms with Gasteiger partial charge in [0.1, 0.15) is 0 Å². The molecule has 5 heteroatoms. The van der Waals surface area contributed by atoms with Crippen molar-refractivity contribution >= 4 is 27.8 Å². The van der Waals surface area contributed by atoms with E-state index in [1.54, 1.807) is 19.1 Å². The minimum absolute atomic E-state index is 0.118.